The molecule has 8 aromatic carbocycles. The van der Waals surface area contributed by atoms with Crippen LogP contribution in [0.2, 0.25) is 0 Å². The van der Waals surface area contributed by atoms with Crippen LogP contribution in [-0.2, 0) is 5.41 Å². The lowest BCUT2D eigenvalue weighted by molar-refractivity contribution is 0.660. The Morgan fingerprint density at radius 2 is 1.02 bits per heavy atom. The Morgan fingerprint density at radius 3 is 1.81 bits per heavy atom. The zero-order chi connectivity index (χ0) is 35.5. The van der Waals surface area contributed by atoms with Crippen LogP contribution in [0.5, 0.6) is 0 Å². The van der Waals surface area contributed by atoms with Gasteiger partial charge in [-0.1, -0.05) is 153 Å². The van der Waals surface area contributed by atoms with Crippen molar-refractivity contribution in [3.05, 3.63) is 199 Å². The Kier molecular flexibility index (Phi) is 7.42. The summed E-state index contributed by atoms with van der Waals surface area (Å²) in [7, 11) is 0. The Bertz CT molecular complexity index is 2810. The summed E-state index contributed by atoms with van der Waals surface area (Å²) in [5.41, 5.74) is 16.0. The fourth-order valence-corrected chi connectivity index (χ4v) is 9.60. The van der Waals surface area contributed by atoms with Crippen molar-refractivity contribution in [3.8, 4) is 44.5 Å². The van der Waals surface area contributed by atoms with Crippen LogP contribution in [0.4, 0.5) is 17.1 Å². The van der Waals surface area contributed by atoms with Gasteiger partial charge in [0.1, 0.15) is 0 Å². The van der Waals surface area contributed by atoms with E-state index in [4.69, 9.17) is 0 Å². The largest absolute Gasteiger partial charge is 0.310 e. The number of hydrogen-bond donors (Lipinski definition) is 0. The molecule has 53 heavy (non-hydrogen) atoms. The number of anilines is 3. The normalized spacial score (nSPS) is 12.9. The molecule has 0 atom stereocenters. The molecule has 9 aromatic rings. The van der Waals surface area contributed by atoms with E-state index in [0.29, 0.717) is 0 Å². The molecule has 0 N–H and O–H groups in total. The molecule has 0 radical (unpaired) electrons. The van der Waals surface area contributed by atoms with Gasteiger partial charge in [0, 0.05) is 42.5 Å². The number of nitrogens with zero attached hydrogens (tertiary/aromatic N) is 1. The number of fused-ring (bicyclic) bond motifs is 6. The summed E-state index contributed by atoms with van der Waals surface area (Å²) < 4.78 is 2.59. The first-order valence-corrected chi connectivity index (χ1v) is 19.2. The van der Waals surface area contributed by atoms with E-state index in [0.717, 1.165) is 17.1 Å². The average Bonchev–Trinajstić information content (AvgIpc) is 3.71. The molecule has 1 aliphatic carbocycles. The van der Waals surface area contributed by atoms with E-state index >= 15 is 0 Å². The highest BCUT2D eigenvalue weighted by atomic mass is 32.1. The summed E-state index contributed by atoms with van der Waals surface area (Å²) in [4.78, 5) is 2.50. The van der Waals surface area contributed by atoms with Crippen LogP contribution in [-0.4, -0.2) is 0 Å². The van der Waals surface area contributed by atoms with Gasteiger partial charge in [-0.05, 0) is 98.6 Å². The van der Waals surface area contributed by atoms with Crippen LogP contribution in [0.1, 0.15) is 25.0 Å². The minimum absolute atomic E-state index is 0.125. The maximum atomic E-state index is 2.50. The number of rotatable bonds is 6. The summed E-state index contributed by atoms with van der Waals surface area (Å²) in [6.45, 7) is 4.73. The van der Waals surface area contributed by atoms with Crippen molar-refractivity contribution in [2.75, 3.05) is 4.90 Å². The van der Waals surface area contributed by atoms with Gasteiger partial charge in [-0.2, -0.15) is 0 Å². The minimum Gasteiger partial charge on any atom is -0.310 e. The van der Waals surface area contributed by atoms with Gasteiger partial charge in [0.2, 0.25) is 0 Å². The Morgan fingerprint density at radius 1 is 0.415 bits per heavy atom. The van der Waals surface area contributed by atoms with Crippen molar-refractivity contribution in [2.45, 2.75) is 19.3 Å². The molecule has 1 heterocycles. The third-order valence-corrected chi connectivity index (χ3v) is 12.2. The van der Waals surface area contributed by atoms with Gasteiger partial charge in [-0.25, -0.2) is 0 Å². The second kappa shape index (κ2) is 12.5. The molecule has 0 bridgehead atoms. The first kappa shape index (κ1) is 31.5. The molecule has 252 valence electrons. The van der Waals surface area contributed by atoms with Crippen molar-refractivity contribution < 1.29 is 0 Å². The van der Waals surface area contributed by atoms with E-state index in [-0.39, 0.29) is 5.41 Å². The van der Waals surface area contributed by atoms with Gasteiger partial charge in [0.25, 0.3) is 0 Å². The molecule has 0 aliphatic heterocycles. The zero-order valence-corrected chi connectivity index (χ0v) is 30.6. The van der Waals surface area contributed by atoms with Crippen molar-refractivity contribution in [3.63, 3.8) is 0 Å². The predicted octanol–water partition coefficient (Wildman–Crippen LogP) is 14.8. The molecule has 10 rings (SSSR count). The molecule has 1 aromatic heterocycles. The maximum Gasteiger partial charge on any atom is 0.0547 e. The molecule has 0 unspecified atom stereocenters. The SMILES string of the molecule is CC1(C)c2ccccc2-c2ccc(N(c3cccc(-c4ccccc4)c3)c3ccc4sc5ccccc5c4c3-c3cccc(-c4ccccc4)c3)cc21. The molecular formula is C51H37NS. The van der Waals surface area contributed by atoms with E-state index in [1.807, 2.05) is 11.3 Å². The van der Waals surface area contributed by atoms with Crippen molar-refractivity contribution in [1.29, 1.82) is 0 Å². The molecule has 1 nitrogen and oxygen atoms in total. The highest BCUT2D eigenvalue weighted by molar-refractivity contribution is 7.26. The van der Waals surface area contributed by atoms with Crippen LogP contribution in [0, 0.1) is 0 Å². The number of hydrogen-bond acceptors (Lipinski definition) is 2. The number of benzene rings is 8. The van der Waals surface area contributed by atoms with Gasteiger partial charge < -0.3 is 4.90 Å². The van der Waals surface area contributed by atoms with Crippen LogP contribution < -0.4 is 4.90 Å². The Labute approximate surface area is 315 Å². The van der Waals surface area contributed by atoms with Crippen LogP contribution in [0.3, 0.4) is 0 Å². The molecule has 0 spiro atoms. The fourth-order valence-electron chi connectivity index (χ4n) is 8.48. The minimum atomic E-state index is -0.125. The van der Waals surface area contributed by atoms with Crippen LogP contribution in [0.25, 0.3) is 64.7 Å². The standard InChI is InChI=1S/C51H37NS/c1-51(2)44-25-11-9-23-41(44)42-28-27-40(33-45(42)51)52(39-22-14-20-37(32-39)35-17-7-4-8-18-35)46-29-30-48-50(43-24-10-12-26-47(43)53-48)49(46)38-21-13-19-36(31-38)34-15-5-3-6-16-34/h3-33H,1-2H3. The molecule has 0 saturated carbocycles. The topological polar surface area (TPSA) is 3.24 Å². The second-order valence-electron chi connectivity index (χ2n) is 14.5. The third-order valence-electron chi connectivity index (χ3n) is 11.1. The quantitative estimate of drug-likeness (QED) is 0.167. The van der Waals surface area contributed by atoms with E-state index < -0.39 is 0 Å². The van der Waals surface area contributed by atoms with Crippen LogP contribution >= 0.6 is 11.3 Å². The molecular weight excluding hydrogens is 659 g/mol. The monoisotopic (exact) mass is 695 g/mol. The highest BCUT2D eigenvalue weighted by Crippen LogP contribution is 2.53. The summed E-state index contributed by atoms with van der Waals surface area (Å²) in [5.74, 6) is 0. The van der Waals surface area contributed by atoms with Crippen molar-refractivity contribution in [2.24, 2.45) is 0 Å². The van der Waals surface area contributed by atoms with Gasteiger partial charge in [0.15, 0.2) is 0 Å². The predicted molar refractivity (Wildman–Crippen MR) is 228 cm³/mol. The van der Waals surface area contributed by atoms with Crippen molar-refractivity contribution in [1.82, 2.24) is 0 Å². The molecule has 2 heteroatoms. The zero-order valence-electron chi connectivity index (χ0n) is 29.8. The Balaban J connectivity index is 1.27. The summed E-state index contributed by atoms with van der Waals surface area (Å²) in [5, 5.41) is 2.59. The first-order chi connectivity index (χ1) is 26.0. The van der Waals surface area contributed by atoms with Gasteiger partial charge in [-0.3, -0.25) is 0 Å². The maximum absolute atomic E-state index is 2.50. The van der Waals surface area contributed by atoms with E-state index in [1.165, 1.54) is 75.8 Å². The summed E-state index contributed by atoms with van der Waals surface area (Å²) >= 11 is 1.87. The fraction of sp³-hybridized carbons (Fsp3) is 0.0588. The summed E-state index contributed by atoms with van der Waals surface area (Å²) in [6, 6.07) is 69.2. The lowest BCUT2D eigenvalue weighted by Crippen LogP contribution is -2.17. The molecule has 0 saturated heterocycles. The lowest BCUT2D eigenvalue weighted by atomic mass is 9.82. The van der Waals surface area contributed by atoms with E-state index in [1.54, 1.807) is 0 Å². The third kappa shape index (κ3) is 5.21. The smallest absolute Gasteiger partial charge is 0.0547 e. The number of thiophene rings is 1. The molecule has 0 amide bonds. The average molecular weight is 696 g/mol. The van der Waals surface area contributed by atoms with Gasteiger partial charge in [-0.15, -0.1) is 11.3 Å². The van der Waals surface area contributed by atoms with Gasteiger partial charge >= 0.3 is 0 Å². The first-order valence-electron chi connectivity index (χ1n) is 18.3. The van der Waals surface area contributed by atoms with Gasteiger partial charge in [0.05, 0.1) is 5.69 Å². The van der Waals surface area contributed by atoms with Crippen molar-refractivity contribution >= 4 is 48.6 Å². The second-order valence-corrected chi connectivity index (χ2v) is 15.6. The highest BCUT2D eigenvalue weighted by Gasteiger charge is 2.36. The van der Waals surface area contributed by atoms with E-state index in [9.17, 15) is 0 Å². The lowest BCUT2D eigenvalue weighted by Gasteiger charge is -2.30. The summed E-state index contributed by atoms with van der Waals surface area (Å²) in [6.07, 6.45) is 0. The Hall–Kier alpha value is -6.22. The molecule has 0 fully saturated rings. The van der Waals surface area contributed by atoms with E-state index in [2.05, 4.69) is 207 Å². The van der Waals surface area contributed by atoms with Crippen LogP contribution in [0.15, 0.2) is 188 Å². The molecule has 1 aliphatic rings.